The number of aromatic nitrogens is 2. The van der Waals surface area contributed by atoms with Crippen molar-refractivity contribution in [3.63, 3.8) is 0 Å². The molecular weight excluding hydrogens is 166 g/mol. The monoisotopic (exact) mass is 181 g/mol. The normalized spacial score (nSPS) is 17.4. The van der Waals surface area contributed by atoms with Gasteiger partial charge in [0.2, 0.25) is 0 Å². The Hall–Kier alpha value is -0.870. The summed E-state index contributed by atoms with van der Waals surface area (Å²) in [5.74, 6) is 0. The van der Waals surface area contributed by atoms with Crippen LogP contribution in [0.4, 0.5) is 0 Å². The average molecular weight is 181 g/mol. The lowest BCUT2D eigenvalue weighted by atomic mass is 10.1. The second-order valence-electron chi connectivity index (χ2n) is 3.63. The zero-order valence-corrected chi connectivity index (χ0v) is 7.58. The van der Waals surface area contributed by atoms with Gasteiger partial charge in [-0.05, 0) is 24.8 Å². The Labute approximate surface area is 77.1 Å². The van der Waals surface area contributed by atoms with Crippen molar-refractivity contribution in [2.24, 2.45) is 5.73 Å². The van der Waals surface area contributed by atoms with Crippen LogP contribution in [0.15, 0.2) is 0 Å². The minimum atomic E-state index is -0.173. The lowest BCUT2D eigenvalue weighted by Gasteiger charge is -2.05. The molecule has 0 aliphatic heterocycles. The number of nitrogens with two attached hydrogens (primary N) is 1. The molecule has 4 heteroatoms. The molecular formula is C9H15N3O. The smallest absolute Gasteiger partial charge is 0.0673 e. The van der Waals surface area contributed by atoms with Crippen molar-refractivity contribution < 1.29 is 5.11 Å². The zero-order valence-electron chi connectivity index (χ0n) is 7.58. The number of nitrogens with zero attached hydrogens (tertiary/aromatic N) is 1. The van der Waals surface area contributed by atoms with Crippen molar-refractivity contribution in [2.45, 2.75) is 31.7 Å². The summed E-state index contributed by atoms with van der Waals surface area (Å²) in [5.41, 5.74) is 9.31. The summed E-state index contributed by atoms with van der Waals surface area (Å²) in [6.45, 7) is 0.0294. The number of aliphatic hydroxyl groups excluding tert-OH is 1. The van der Waals surface area contributed by atoms with Crippen molar-refractivity contribution in [3.8, 4) is 0 Å². The van der Waals surface area contributed by atoms with Gasteiger partial charge < -0.3 is 10.8 Å². The van der Waals surface area contributed by atoms with Crippen LogP contribution in [0.2, 0.25) is 0 Å². The molecule has 0 bridgehead atoms. The summed E-state index contributed by atoms with van der Waals surface area (Å²) in [6, 6.07) is -0.173. The molecule has 1 atom stereocenters. The molecule has 0 amide bonds. The van der Waals surface area contributed by atoms with Crippen LogP contribution in [0.25, 0.3) is 0 Å². The molecule has 4 nitrogen and oxygen atoms in total. The van der Waals surface area contributed by atoms with E-state index < -0.39 is 0 Å². The molecule has 1 unspecified atom stereocenters. The molecule has 72 valence electrons. The van der Waals surface area contributed by atoms with Crippen molar-refractivity contribution in [1.29, 1.82) is 0 Å². The van der Waals surface area contributed by atoms with Crippen LogP contribution in [0.5, 0.6) is 0 Å². The van der Waals surface area contributed by atoms with E-state index in [1.54, 1.807) is 0 Å². The zero-order chi connectivity index (χ0) is 9.26. The molecule has 0 aromatic carbocycles. The van der Waals surface area contributed by atoms with Gasteiger partial charge in [0, 0.05) is 18.2 Å². The first-order valence-electron chi connectivity index (χ1n) is 4.72. The van der Waals surface area contributed by atoms with E-state index in [2.05, 4.69) is 10.2 Å². The minimum Gasteiger partial charge on any atom is -0.395 e. The van der Waals surface area contributed by atoms with E-state index in [1.165, 1.54) is 17.7 Å². The molecule has 1 aliphatic carbocycles. The van der Waals surface area contributed by atoms with Gasteiger partial charge in [-0.25, -0.2) is 0 Å². The fourth-order valence-corrected chi connectivity index (χ4v) is 1.87. The van der Waals surface area contributed by atoms with Gasteiger partial charge in [0.25, 0.3) is 0 Å². The van der Waals surface area contributed by atoms with Gasteiger partial charge in [-0.3, -0.25) is 5.10 Å². The topological polar surface area (TPSA) is 74.9 Å². The van der Waals surface area contributed by atoms with E-state index >= 15 is 0 Å². The van der Waals surface area contributed by atoms with Crippen LogP contribution in [0, 0.1) is 0 Å². The fourth-order valence-electron chi connectivity index (χ4n) is 1.87. The number of aromatic amines is 1. The van der Waals surface area contributed by atoms with Gasteiger partial charge in [0.1, 0.15) is 0 Å². The molecule has 1 heterocycles. The van der Waals surface area contributed by atoms with Gasteiger partial charge in [-0.1, -0.05) is 0 Å². The number of aliphatic hydroxyl groups is 1. The lowest BCUT2D eigenvalue weighted by molar-refractivity contribution is 0.264. The second-order valence-corrected chi connectivity index (χ2v) is 3.63. The second kappa shape index (κ2) is 3.47. The predicted molar refractivity (Wildman–Crippen MR) is 49.4 cm³/mol. The maximum absolute atomic E-state index is 8.82. The van der Waals surface area contributed by atoms with Gasteiger partial charge in [-0.15, -0.1) is 0 Å². The Morgan fingerprint density at radius 3 is 3.15 bits per heavy atom. The third-order valence-electron chi connectivity index (χ3n) is 2.58. The molecule has 13 heavy (non-hydrogen) atoms. The number of H-pyrrole nitrogens is 1. The fraction of sp³-hybridized carbons (Fsp3) is 0.667. The largest absolute Gasteiger partial charge is 0.395 e. The molecule has 1 aromatic heterocycles. The Balaban J connectivity index is 2.12. The Kier molecular flexibility index (Phi) is 2.33. The van der Waals surface area contributed by atoms with Gasteiger partial charge in [-0.2, -0.15) is 5.10 Å². The number of hydrogen-bond acceptors (Lipinski definition) is 3. The van der Waals surface area contributed by atoms with Gasteiger partial charge in [0.05, 0.1) is 12.3 Å². The molecule has 0 fully saturated rings. The Morgan fingerprint density at radius 2 is 2.38 bits per heavy atom. The van der Waals surface area contributed by atoms with E-state index in [0.29, 0.717) is 6.42 Å². The van der Waals surface area contributed by atoms with Crippen LogP contribution in [-0.4, -0.2) is 28.0 Å². The summed E-state index contributed by atoms with van der Waals surface area (Å²) in [4.78, 5) is 0. The lowest BCUT2D eigenvalue weighted by Crippen LogP contribution is -2.27. The Morgan fingerprint density at radius 1 is 1.54 bits per heavy atom. The summed E-state index contributed by atoms with van der Waals surface area (Å²) in [6.07, 6.45) is 4.11. The summed E-state index contributed by atoms with van der Waals surface area (Å²) in [7, 11) is 0. The van der Waals surface area contributed by atoms with E-state index in [-0.39, 0.29) is 12.6 Å². The third-order valence-corrected chi connectivity index (χ3v) is 2.58. The summed E-state index contributed by atoms with van der Waals surface area (Å²) < 4.78 is 0. The van der Waals surface area contributed by atoms with Crippen molar-refractivity contribution in [1.82, 2.24) is 10.2 Å². The van der Waals surface area contributed by atoms with Crippen molar-refractivity contribution >= 4 is 0 Å². The minimum absolute atomic E-state index is 0.0294. The van der Waals surface area contributed by atoms with Gasteiger partial charge >= 0.3 is 0 Å². The van der Waals surface area contributed by atoms with Gasteiger partial charge in [0.15, 0.2) is 0 Å². The molecule has 1 aromatic rings. The Bertz CT molecular complexity index is 295. The summed E-state index contributed by atoms with van der Waals surface area (Å²) in [5, 5.41) is 16.1. The molecule has 1 aliphatic rings. The number of aryl methyl sites for hydroxylation is 1. The molecule has 2 rings (SSSR count). The number of nitrogens with one attached hydrogen (secondary N) is 1. The molecule has 0 spiro atoms. The first-order chi connectivity index (χ1) is 6.31. The van der Waals surface area contributed by atoms with Crippen LogP contribution in [0.1, 0.15) is 23.4 Å². The van der Waals surface area contributed by atoms with Crippen molar-refractivity contribution in [2.75, 3.05) is 6.61 Å². The number of hydrogen-bond donors (Lipinski definition) is 3. The number of rotatable bonds is 3. The van der Waals surface area contributed by atoms with E-state index in [0.717, 1.165) is 18.5 Å². The highest BCUT2D eigenvalue weighted by molar-refractivity contribution is 5.29. The predicted octanol–water partition coefficient (Wildman–Crippen LogP) is -0.240. The van der Waals surface area contributed by atoms with E-state index in [4.69, 9.17) is 10.8 Å². The van der Waals surface area contributed by atoms with Crippen LogP contribution in [0.3, 0.4) is 0 Å². The highest BCUT2D eigenvalue weighted by atomic mass is 16.3. The maximum atomic E-state index is 8.82. The van der Waals surface area contributed by atoms with E-state index in [9.17, 15) is 0 Å². The molecule has 0 saturated carbocycles. The maximum Gasteiger partial charge on any atom is 0.0673 e. The highest BCUT2D eigenvalue weighted by Crippen LogP contribution is 2.23. The number of fused-ring (bicyclic) bond motifs is 1. The van der Waals surface area contributed by atoms with Crippen LogP contribution < -0.4 is 5.73 Å². The molecule has 0 saturated heterocycles. The SMILES string of the molecule is NC(CO)Cc1n[nH]c2c1CCC2. The first kappa shape index (κ1) is 8.72. The molecule has 4 N–H and O–H groups in total. The van der Waals surface area contributed by atoms with E-state index in [1.807, 2.05) is 0 Å². The standard InChI is InChI=1S/C9H15N3O/c10-6(5-13)4-9-7-2-1-3-8(7)11-12-9/h6,13H,1-5,10H2,(H,11,12). The third kappa shape index (κ3) is 1.59. The average Bonchev–Trinajstić information content (AvgIpc) is 2.69. The summed E-state index contributed by atoms with van der Waals surface area (Å²) >= 11 is 0. The van der Waals surface area contributed by atoms with Crippen LogP contribution in [-0.2, 0) is 19.3 Å². The first-order valence-corrected chi connectivity index (χ1v) is 4.72. The van der Waals surface area contributed by atoms with Crippen LogP contribution >= 0.6 is 0 Å². The quantitative estimate of drug-likeness (QED) is 0.602. The highest BCUT2D eigenvalue weighted by Gasteiger charge is 2.19. The van der Waals surface area contributed by atoms with Crippen molar-refractivity contribution in [3.05, 3.63) is 17.0 Å². The molecule has 0 radical (unpaired) electrons.